The van der Waals surface area contributed by atoms with Crippen LogP contribution in [0.1, 0.15) is 10.4 Å². The number of carbonyl (C=O) groups is 2. The number of methoxy groups -OCH3 is 1. The maximum Gasteiger partial charge on any atom is 0.343 e. The number of nitrogens with two attached hydrogens (primary N) is 1. The van der Waals surface area contributed by atoms with Gasteiger partial charge in [-0.25, -0.2) is 4.79 Å². The molecule has 31 heavy (non-hydrogen) atoms. The Balaban J connectivity index is 1.50. The van der Waals surface area contributed by atoms with Crippen LogP contribution in [0.15, 0.2) is 42.5 Å². The lowest BCUT2D eigenvalue weighted by Gasteiger charge is -2.18. The number of nitrogens with zero attached hydrogens (tertiary/aromatic N) is 3. The Morgan fingerprint density at radius 2 is 1.97 bits per heavy atom. The van der Waals surface area contributed by atoms with Crippen molar-refractivity contribution in [3.63, 3.8) is 0 Å². The van der Waals surface area contributed by atoms with Gasteiger partial charge in [0.1, 0.15) is 19.0 Å². The van der Waals surface area contributed by atoms with E-state index in [4.69, 9.17) is 19.9 Å². The number of carbonyl (C=O) groups excluding carboxylic acids is 2. The summed E-state index contributed by atoms with van der Waals surface area (Å²) in [5.41, 5.74) is 6.79. The summed E-state index contributed by atoms with van der Waals surface area (Å²) in [6, 6.07) is 11.6. The molecule has 0 atom stereocenters. The van der Waals surface area contributed by atoms with E-state index in [0.29, 0.717) is 36.1 Å². The van der Waals surface area contributed by atoms with Crippen molar-refractivity contribution in [2.75, 3.05) is 38.0 Å². The summed E-state index contributed by atoms with van der Waals surface area (Å²) in [5.74, 6) is 0.578. The van der Waals surface area contributed by atoms with Crippen LogP contribution in [-0.4, -0.2) is 53.6 Å². The highest BCUT2D eigenvalue weighted by molar-refractivity contribution is 5.97. The third-order valence-electron chi connectivity index (χ3n) is 4.29. The molecule has 0 saturated carbocycles. The van der Waals surface area contributed by atoms with E-state index in [1.165, 1.54) is 13.2 Å². The summed E-state index contributed by atoms with van der Waals surface area (Å²) in [7, 11) is 1.26. The van der Waals surface area contributed by atoms with Gasteiger partial charge < -0.3 is 30.0 Å². The van der Waals surface area contributed by atoms with Gasteiger partial charge in [-0.1, -0.05) is 6.07 Å². The van der Waals surface area contributed by atoms with Gasteiger partial charge in [-0.3, -0.25) is 4.79 Å². The predicted octanol–water partition coefficient (Wildman–Crippen LogP) is 1.62. The number of anilines is 3. The van der Waals surface area contributed by atoms with E-state index >= 15 is 0 Å². The Labute approximate surface area is 176 Å². The summed E-state index contributed by atoms with van der Waals surface area (Å²) in [5, 5.41) is 7.13. The van der Waals surface area contributed by atoms with Gasteiger partial charge in [0.25, 0.3) is 5.91 Å². The number of nitrogen functional groups attached to an aromatic ring is 1. The Morgan fingerprint density at radius 3 is 2.77 bits per heavy atom. The molecule has 0 bridgehead atoms. The van der Waals surface area contributed by atoms with Crippen LogP contribution in [0.25, 0.3) is 0 Å². The zero-order chi connectivity index (χ0) is 21.8. The first kappa shape index (κ1) is 20.0. The Bertz CT molecular complexity index is 1130. The number of hydrogen-bond donors (Lipinski definition) is 2. The van der Waals surface area contributed by atoms with Gasteiger partial charge in [0.15, 0.2) is 18.1 Å². The Kier molecular flexibility index (Phi) is 5.56. The molecule has 0 saturated heterocycles. The van der Waals surface area contributed by atoms with Crippen LogP contribution in [0.2, 0.25) is 0 Å². The van der Waals surface area contributed by atoms with E-state index in [9.17, 15) is 9.59 Å². The summed E-state index contributed by atoms with van der Waals surface area (Å²) in [6.45, 7) is 0.690. The molecule has 0 radical (unpaired) electrons. The monoisotopic (exact) mass is 425 g/mol. The van der Waals surface area contributed by atoms with Crippen molar-refractivity contribution in [2.24, 2.45) is 0 Å². The van der Waals surface area contributed by atoms with Gasteiger partial charge in [0.05, 0.1) is 7.11 Å². The second-order valence-electron chi connectivity index (χ2n) is 6.39. The fourth-order valence-corrected chi connectivity index (χ4v) is 2.82. The molecule has 1 aliphatic rings. The minimum atomic E-state index is -0.535. The third kappa shape index (κ3) is 4.50. The minimum Gasteiger partial charge on any atom is -0.486 e. The number of rotatable bonds is 6. The quantitative estimate of drug-likeness (QED) is 0.560. The lowest BCUT2D eigenvalue weighted by atomic mass is 10.2. The highest BCUT2D eigenvalue weighted by Gasteiger charge is 2.18. The standard InChI is InChI=1S/C20H19N5O6/c1-28-17(26)11-31-14-4-2-3-12(9-14)18(27)25-19(21)23-20(24-25)22-13-5-6-15-16(10-13)30-8-7-29-15/h2-6,9-10H,7-8,11H2,1H3,(H3,21,22,23,24). The molecule has 11 nitrogen and oxygen atoms in total. The maximum absolute atomic E-state index is 12.8. The molecule has 0 unspecified atom stereocenters. The van der Waals surface area contributed by atoms with E-state index in [2.05, 4.69) is 20.1 Å². The molecule has 11 heteroatoms. The fourth-order valence-electron chi connectivity index (χ4n) is 2.82. The van der Waals surface area contributed by atoms with Crippen LogP contribution in [0.4, 0.5) is 17.6 Å². The van der Waals surface area contributed by atoms with Gasteiger partial charge in [0.2, 0.25) is 11.9 Å². The molecule has 0 amide bonds. The number of hydrogen-bond acceptors (Lipinski definition) is 10. The first-order valence-corrected chi connectivity index (χ1v) is 9.27. The second kappa shape index (κ2) is 8.61. The Hall–Kier alpha value is -4.28. The molecular formula is C20H19N5O6. The van der Waals surface area contributed by atoms with E-state index in [1.54, 1.807) is 36.4 Å². The number of esters is 1. The average molecular weight is 425 g/mol. The molecule has 0 spiro atoms. The molecule has 2 heterocycles. The Morgan fingerprint density at radius 1 is 1.16 bits per heavy atom. The molecule has 3 aromatic rings. The molecule has 0 fully saturated rings. The maximum atomic E-state index is 12.8. The summed E-state index contributed by atoms with van der Waals surface area (Å²) >= 11 is 0. The highest BCUT2D eigenvalue weighted by atomic mass is 16.6. The van der Waals surface area contributed by atoms with Crippen LogP contribution in [-0.2, 0) is 9.53 Å². The fraction of sp³-hybridized carbons (Fsp3) is 0.200. The number of aromatic nitrogens is 3. The summed E-state index contributed by atoms with van der Waals surface area (Å²) in [6.07, 6.45) is 0. The summed E-state index contributed by atoms with van der Waals surface area (Å²) < 4.78 is 21.8. The van der Waals surface area contributed by atoms with Crippen molar-refractivity contribution in [1.29, 1.82) is 0 Å². The average Bonchev–Trinajstić information content (AvgIpc) is 3.16. The zero-order valence-electron chi connectivity index (χ0n) is 16.5. The topological polar surface area (TPSA) is 140 Å². The van der Waals surface area contributed by atoms with E-state index in [0.717, 1.165) is 4.68 Å². The molecular weight excluding hydrogens is 406 g/mol. The molecule has 4 rings (SSSR count). The minimum absolute atomic E-state index is 0.0917. The normalized spacial score (nSPS) is 12.2. The molecule has 2 aromatic carbocycles. The van der Waals surface area contributed by atoms with Crippen molar-refractivity contribution < 1.29 is 28.5 Å². The lowest BCUT2D eigenvalue weighted by Crippen LogP contribution is -2.17. The van der Waals surface area contributed by atoms with Crippen LogP contribution in [0, 0.1) is 0 Å². The predicted molar refractivity (Wildman–Crippen MR) is 109 cm³/mol. The number of fused-ring (bicyclic) bond motifs is 1. The number of benzene rings is 2. The molecule has 0 aliphatic carbocycles. The van der Waals surface area contributed by atoms with Crippen LogP contribution in [0.3, 0.4) is 0 Å². The number of ether oxygens (including phenoxy) is 4. The highest BCUT2D eigenvalue weighted by Crippen LogP contribution is 2.33. The van der Waals surface area contributed by atoms with Gasteiger partial charge >= 0.3 is 5.97 Å². The van der Waals surface area contributed by atoms with Crippen LogP contribution < -0.4 is 25.3 Å². The van der Waals surface area contributed by atoms with Crippen molar-refractivity contribution in [2.45, 2.75) is 0 Å². The van der Waals surface area contributed by atoms with Gasteiger partial charge in [-0.05, 0) is 30.3 Å². The third-order valence-corrected chi connectivity index (χ3v) is 4.29. The first-order valence-electron chi connectivity index (χ1n) is 9.27. The zero-order valence-corrected chi connectivity index (χ0v) is 16.5. The van der Waals surface area contributed by atoms with Gasteiger partial charge in [-0.15, -0.1) is 5.10 Å². The summed E-state index contributed by atoms with van der Waals surface area (Å²) in [4.78, 5) is 28.2. The second-order valence-corrected chi connectivity index (χ2v) is 6.39. The number of nitrogens with one attached hydrogen (secondary N) is 1. The van der Waals surface area contributed by atoms with Crippen molar-refractivity contribution in [3.8, 4) is 17.2 Å². The van der Waals surface area contributed by atoms with E-state index in [1.807, 2.05) is 0 Å². The molecule has 1 aromatic heterocycles. The van der Waals surface area contributed by atoms with E-state index < -0.39 is 11.9 Å². The SMILES string of the molecule is COC(=O)COc1cccc(C(=O)n2nc(Nc3ccc4c(c3)OCCO4)nc2N)c1. The lowest BCUT2D eigenvalue weighted by molar-refractivity contribution is -0.142. The van der Waals surface area contributed by atoms with Crippen LogP contribution >= 0.6 is 0 Å². The van der Waals surface area contributed by atoms with Crippen LogP contribution in [0.5, 0.6) is 17.2 Å². The molecule has 160 valence electrons. The van der Waals surface area contributed by atoms with Gasteiger partial charge in [-0.2, -0.15) is 9.67 Å². The van der Waals surface area contributed by atoms with Crippen molar-refractivity contribution in [1.82, 2.24) is 14.8 Å². The molecule has 3 N–H and O–H groups in total. The smallest absolute Gasteiger partial charge is 0.343 e. The van der Waals surface area contributed by atoms with Gasteiger partial charge in [0, 0.05) is 17.3 Å². The van der Waals surface area contributed by atoms with E-state index in [-0.39, 0.29) is 24.1 Å². The first-order chi connectivity index (χ1) is 15.0. The van der Waals surface area contributed by atoms with Crippen molar-refractivity contribution >= 4 is 29.5 Å². The van der Waals surface area contributed by atoms with Crippen molar-refractivity contribution in [3.05, 3.63) is 48.0 Å². The molecule has 1 aliphatic heterocycles. The largest absolute Gasteiger partial charge is 0.486 e.